The van der Waals surface area contributed by atoms with Gasteiger partial charge in [0, 0.05) is 48.1 Å². The molecule has 0 radical (unpaired) electrons. The number of nitrogens with zero attached hydrogens (tertiary/aromatic N) is 1. The lowest BCUT2D eigenvalue weighted by Gasteiger charge is -2.54. The number of aromatic nitrogens is 1. The first-order valence-electron chi connectivity index (χ1n) is 11.6. The Morgan fingerprint density at radius 1 is 1.23 bits per heavy atom. The number of benzene rings is 2. The minimum Gasteiger partial charge on any atom is -0.478 e. The quantitative estimate of drug-likeness (QED) is 0.386. The summed E-state index contributed by atoms with van der Waals surface area (Å²) in [5.41, 5.74) is 2.69. The second kappa shape index (κ2) is 8.55. The van der Waals surface area contributed by atoms with Gasteiger partial charge >= 0.3 is 12.6 Å². The average Bonchev–Trinajstić information content (AvgIpc) is 3.26. The van der Waals surface area contributed by atoms with Crippen LogP contribution in [0.1, 0.15) is 58.8 Å². The summed E-state index contributed by atoms with van der Waals surface area (Å²) in [5.74, 6) is -3.61. The number of rotatable bonds is 6. The van der Waals surface area contributed by atoms with Crippen LogP contribution in [-0.4, -0.2) is 40.0 Å². The van der Waals surface area contributed by atoms with Gasteiger partial charge in [0.05, 0.1) is 5.56 Å². The zero-order valence-corrected chi connectivity index (χ0v) is 19.2. The van der Waals surface area contributed by atoms with E-state index in [1.54, 1.807) is 24.4 Å². The molecular weight excluding hydrogens is 464 g/mol. The zero-order valence-electron chi connectivity index (χ0n) is 19.2. The highest BCUT2D eigenvalue weighted by Gasteiger charge is 2.58. The monoisotopic (exact) mass is 490 g/mol. The molecule has 1 saturated carbocycles. The van der Waals surface area contributed by atoms with Crippen molar-refractivity contribution in [3.8, 4) is 5.75 Å². The van der Waals surface area contributed by atoms with Crippen LogP contribution >= 0.6 is 0 Å². The average molecular weight is 490 g/mol. The van der Waals surface area contributed by atoms with E-state index < -0.39 is 23.9 Å². The number of carbonyl (C=O) groups is 1. The summed E-state index contributed by atoms with van der Waals surface area (Å²) in [5, 5.41) is 10.0. The van der Waals surface area contributed by atoms with E-state index in [1.807, 2.05) is 13.0 Å². The Balaban J connectivity index is 1.51. The molecule has 2 N–H and O–H groups in total. The topological polar surface area (TPSA) is 65.6 Å². The van der Waals surface area contributed by atoms with Crippen molar-refractivity contribution < 1.29 is 32.2 Å². The van der Waals surface area contributed by atoms with Crippen LogP contribution in [-0.2, 0) is 6.54 Å². The number of likely N-dealkylation sites (tertiary alicyclic amines) is 1. The number of hydrogen-bond donors (Lipinski definition) is 2. The van der Waals surface area contributed by atoms with Crippen molar-refractivity contribution in [2.24, 2.45) is 5.41 Å². The van der Waals surface area contributed by atoms with Crippen LogP contribution in [0.15, 0.2) is 42.6 Å². The standard InChI is InChI=1S/C26H26F4N2O3/c1-15-10-21(35-24(27)28)19(18-6-8-31-22(15)18)12-32-9-7-25(13-26(29,30)14-25)11-20(32)16-2-4-17(5-3-16)23(33)34/h2-6,8,10,20,24,31H,7,9,11-14H2,1H3,(H,33,34). The van der Waals surface area contributed by atoms with Gasteiger partial charge in [0.25, 0.3) is 0 Å². The van der Waals surface area contributed by atoms with Gasteiger partial charge in [0.1, 0.15) is 5.75 Å². The fraction of sp³-hybridized carbons (Fsp3) is 0.423. The second-order valence-electron chi connectivity index (χ2n) is 9.89. The fourth-order valence-electron chi connectivity index (χ4n) is 5.91. The number of hydrogen-bond acceptors (Lipinski definition) is 3. The molecule has 0 bridgehead atoms. The van der Waals surface area contributed by atoms with Crippen LogP contribution in [0, 0.1) is 12.3 Å². The van der Waals surface area contributed by atoms with Crippen LogP contribution in [0.4, 0.5) is 17.6 Å². The number of aromatic amines is 1. The summed E-state index contributed by atoms with van der Waals surface area (Å²) in [7, 11) is 0. The van der Waals surface area contributed by atoms with Crippen molar-refractivity contribution in [2.45, 2.75) is 57.7 Å². The largest absolute Gasteiger partial charge is 0.478 e. The molecule has 2 fully saturated rings. The van der Waals surface area contributed by atoms with Crippen molar-refractivity contribution in [1.82, 2.24) is 9.88 Å². The number of aromatic carboxylic acids is 1. The lowest BCUT2D eigenvalue weighted by atomic mass is 9.59. The molecule has 1 unspecified atom stereocenters. The first kappa shape index (κ1) is 23.7. The number of halogens is 4. The number of fused-ring (bicyclic) bond motifs is 1. The molecule has 2 aliphatic rings. The van der Waals surface area contributed by atoms with E-state index in [0.29, 0.717) is 24.9 Å². The maximum Gasteiger partial charge on any atom is 0.387 e. The maximum atomic E-state index is 13.9. The van der Waals surface area contributed by atoms with Crippen LogP contribution < -0.4 is 4.74 Å². The zero-order chi connectivity index (χ0) is 25.0. The van der Waals surface area contributed by atoms with Crippen LogP contribution in [0.3, 0.4) is 0 Å². The molecule has 35 heavy (non-hydrogen) atoms. The van der Waals surface area contributed by atoms with Gasteiger partial charge in [-0.2, -0.15) is 8.78 Å². The van der Waals surface area contributed by atoms with E-state index in [0.717, 1.165) is 22.0 Å². The van der Waals surface area contributed by atoms with E-state index in [4.69, 9.17) is 4.74 Å². The van der Waals surface area contributed by atoms with E-state index in [1.165, 1.54) is 12.1 Å². The van der Waals surface area contributed by atoms with Crippen molar-refractivity contribution in [1.29, 1.82) is 0 Å². The van der Waals surface area contributed by atoms with Gasteiger partial charge in [-0.1, -0.05) is 12.1 Å². The fourth-order valence-corrected chi connectivity index (χ4v) is 5.91. The molecule has 5 rings (SSSR count). The van der Waals surface area contributed by atoms with E-state index >= 15 is 0 Å². The minimum absolute atomic E-state index is 0.0973. The number of piperidine rings is 1. The molecular formula is C26H26F4N2O3. The SMILES string of the molecule is Cc1cc(OC(F)F)c(CN2CCC3(CC2c2ccc(C(=O)O)cc2)CC(F)(F)C3)c2cc[nH]c12. The number of aryl methyl sites for hydroxylation is 1. The summed E-state index contributed by atoms with van der Waals surface area (Å²) >= 11 is 0. The molecule has 2 heterocycles. The van der Waals surface area contributed by atoms with Crippen molar-refractivity contribution in [3.05, 3.63) is 64.8 Å². The predicted octanol–water partition coefficient (Wildman–Crippen LogP) is 6.53. The van der Waals surface area contributed by atoms with Gasteiger partial charge in [-0.25, -0.2) is 13.6 Å². The molecule has 186 valence electrons. The Labute approximate surface area is 199 Å². The van der Waals surface area contributed by atoms with Gasteiger partial charge < -0.3 is 14.8 Å². The Hall–Kier alpha value is -3.07. The van der Waals surface area contributed by atoms with Gasteiger partial charge in [-0.3, -0.25) is 4.90 Å². The number of carboxylic acids is 1. The van der Waals surface area contributed by atoms with Gasteiger partial charge in [0.2, 0.25) is 5.92 Å². The molecule has 1 saturated heterocycles. The Kier molecular flexibility index (Phi) is 5.78. The van der Waals surface area contributed by atoms with E-state index in [9.17, 15) is 27.5 Å². The second-order valence-corrected chi connectivity index (χ2v) is 9.89. The molecule has 1 aliphatic heterocycles. The lowest BCUT2D eigenvalue weighted by Crippen LogP contribution is -2.53. The minimum atomic E-state index is -2.98. The van der Waals surface area contributed by atoms with Gasteiger partial charge in [-0.15, -0.1) is 0 Å². The Bertz CT molecular complexity index is 1250. The number of H-pyrrole nitrogens is 1. The van der Waals surface area contributed by atoms with Gasteiger partial charge in [-0.05, 0) is 67.1 Å². The highest BCUT2D eigenvalue weighted by molar-refractivity contribution is 5.88. The molecule has 1 spiro atoms. The highest BCUT2D eigenvalue weighted by Crippen LogP contribution is 2.60. The lowest BCUT2D eigenvalue weighted by molar-refractivity contribution is -0.186. The highest BCUT2D eigenvalue weighted by atomic mass is 19.3. The number of carboxylic acid groups (broad SMARTS) is 1. The molecule has 1 aliphatic carbocycles. The molecule has 2 aromatic carbocycles. The summed E-state index contributed by atoms with van der Waals surface area (Å²) in [6.07, 6.45) is 2.49. The Morgan fingerprint density at radius 3 is 2.57 bits per heavy atom. The summed E-state index contributed by atoms with van der Waals surface area (Å²) < 4.78 is 59.1. The maximum absolute atomic E-state index is 13.9. The van der Waals surface area contributed by atoms with Crippen LogP contribution in [0.2, 0.25) is 0 Å². The molecule has 0 amide bonds. The normalized spacial score (nSPS) is 21.4. The third kappa shape index (κ3) is 4.49. The third-order valence-corrected chi connectivity index (χ3v) is 7.49. The Morgan fingerprint density at radius 2 is 1.94 bits per heavy atom. The van der Waals surface area contributed by atoms with Crippen molar-refractivity contribution in [2.75, 3.05) is 6.54 Å². The van der Waals surface area contributed by atoms with E-state index in [2.05, 4.69) is 9.88 Å². The summed E-state index contributed by atoms with van der Waals surface area (Å²) in [4.78, 5) is 16.6. The third-order valence-electron chi connectivity index (χ3n) is 7.49. The number of alkyl halides is 4. The molecule has 9 heteroatoms. The molecule has 3 aromatic rings. The summed E-state index contributed by atoms with van der Waals surface area (Å²) in [6.45, 7) is -0.371. The predicted molar refractivity (Wildman–Crippen MR) is 122 cm³/mol. The van der Waals surface area contributed by atoms with Gasteiger partial charge in [0.15, 0.2) is 0 Å². The van der Waals surface area contributed by atoms with Crippen LogP contribution in [0.25, 0.3) is 10.9 Å². The first-order chi connectivity index (χ1) is 16.6. The smallest absolute Gasteiger partial charge is 0.387 e. The number of ether oxygens (including phenoxy) is 1. The van der Waals surface area contributed by atoms with E-state index in [-0.39, 0.29) is 36.7 Å². The summed E-state index contributed by atoms with van der Waals surface area (Å²) in [6, 6.07) is 9.60. The number of nitrogens with one attached hydrogen (secondary N) is 1. The molecule has 1 aromatic heterocycles. The molecule has 5 nitrogen and oxygen atoms in total. The van der Waals surface area contributed by atoms with Crippen molar-refractivity contribution in [3.63, 3.8) is 0 Å². The first-order valence-corrected chi connectivity index (χ1v) is 11.6. The van der Waals surface area contributed by atoms with Crippen LogP contribution in [0.5, 0.6) is 5.75 Å². The molecule has 1 atom stereocenters. The van der Waals surface area contributed by atoms with Crippen molar-refractivity contribution >= 4 is 16.9 Å².